The Bertz CT molecular complexity index is 667. The molecule has 0 radical (unpaired) electrons. The molecule has 0 spiro atoms. The SMILES string of the molecule is C/C=C(\C=C(/C)[C@@H]1CN(C)Cc2c(Cl)cc(Cl)cc21)S(C)=O. The van der Waals surface area contributed by atoms with Crippen LogP contribution in [0.5, 0.6) is 0 Å². The van der Waals surface area contributed by atoms with E-state index in [1.54, 1.807) is 12.3 Å². The van der Waals surface area contributed by atoms with Crippen molar-refractivity contribution >= 4 is 34.0 Å². The number of benzene rings is 1. The maximum atomic E-state index is 11.8. The van der Waals surface area contributed by atoms with Gasteiger partial charge in [0.15, 0.2) is 0 Å². The summed E-state index contributed by atoms with van der Waals surface area (Å²) in [5.41, 5.74) is 3.49. The first kappa shape index (κ1) is 17.7. The molecule has 0 bridgehead atoms. The fraction of sp³-hybridized carbons (Fsp3) is 0.412. The van der Waals surface area contributed by atoms with Gasteiger partial charge in [-0.2, -0.15) is 0 Å². The van der Waals surface area contributed by atoms with Crippen molar-refractivity contribution in [3.8, 4) is 0 Å². The number of hydrogen-bond donors (Lipinski definition) is 0. The summed E-state index contributed by atoms with van der Waals surface area (Å²) in [6.45, 7) is 5.72. The Labute approximate surface area is 145 Å². The molecule has 1 aliphatic rings. The zero-order valence-electron chi connectivity index (χ0n) is 13.3. The van der Waals surface area contributed by atoms with Crippen LogP contribution in [-0.2, 0) is 17.3 Å². The number of rotatable bonds is 3. The molecule has 1 heterocycles. The smallest absolute Gasteiger partial charge is 0.0494 e. The summed E-state index contributed by atoms with van der Waals surface area (Å²) in [5, 5.41) is 1.38. The van der Waals surface area contributed by atoms with Gasteiger partial charge in [0.25, 0.3) is 0 Å². The van der Waals surface area contributed by atoms with Gasteiger partial charge >= 0.3 is 0 Å². The highest BCUT2D eigenvalue weighted by molar-refractivity contribution is 7.88. The zero-order chi connectivity index (χ0) is 16.4. The molecule has 0 aliphatic carbocycles. The van der Waals surface area contributed by atoms with Crippen LogP contribution in [-0.4, -0.2) is 29.0 Å². The van der Waals surface area contributed by atoms with Crippen molar-refractivity contribution in [1.82, 2.24) is 4.90 Å². The fourth-order valence-corrected chi connectivity index (χ4v) is 4.14. The van der Waals surface area contributed by atoms with E-state index >= 15 is 0 Å². The Morgan fingerprint density at radius 1 is 1.41 bits per heavy atom. The normalized spacial score (nSPS) is 21.6. The molecule has 0 saturated heterocycles. The van der Waals surface area contributed by atoms with Gasteiger partial charge < -0.3 is 4.90 Å². The molecular weight excluding hydrogens is 337 g/mol. The Kier molecular flexibility index (Phi) is 5.89. The van der Waals surface area contributed by atoms with E-state index in [0.29, 0.717) is 5.02 Å². The van der Waals surface area contributed by atoms with Crippen molar-refractivity contribution < 1.29 is 4.21 Å². The zero-order valence-corrected chi connectivity index (χ0v) is 15.6. The molecule has 2 nitrogen and oxygen atoms in total. The van der Waals surface area contributed by atoms with E-state index in [-0.39, 0.29) is 5.92 Å². The number of fused-ring (bicyclic) bond motifs is 1. The molecule has 1 aromatic carbocycles. The predicted octanol–water partition coefficient (Wildman–Crippen LogP) is 4.75. The van der Waals surface area contributed by atoms with Gasteiger partial charge in [0.05, 0.1) is 0 Å². The lowest BCUT2D eigenvalue weighted by Gasteiger charge is -2.33. The van der Waals surface area contributed by atoms with Crippen LogP contribution >= 0.6 is 23.2 Å². The summed E-state index contributed by atoms with van der Waals surface area (Å²) in [6, 6.07) is 3.81. The first-order valence-corrected chi connectivity index (χ1v) is 9.49. The number of hydrogen-bond acceptors (Lipinski definition) is 2. The maximum absolute atomic E-state index is 11.8. The third kappa shape index (κ3) is 3.83. The summed E-state index contributed by atoms with van der Waals surface area (Å²) in [6.07, 6.45) is 5.63. The van der Waals surface area contributed by atoms with Crippen molar-refractivity contribution in [2.45, 2.75) is 26.3 Å². The van der Waals surface area contributed by atoms with Gasteiger partial charge in [-0.3, -0.25) is 4.21 Å². The second-order valence-electron chi connectivity index (χ2n) is 5.74. The highest BCUT2D eigenvalue weighted by atomic mass is 35.5. The minimum atomic E-state index is -0.985. The summed E-state index contributed by atoms with van der Waals surface area (Å²) in [5.74, 6) is 0.212. The molecule has 0 N–H and O–H groups in total. The highest BCUT2D eigenvalue weighted by Gasteiger charge is 2.27. The van der Waals surface area contributed by atoms with Gasteiger partial charge in [-0.15, -0.1) is 0 Å². The molecule has 0 aromatic heterocycles. The Hall–Kier alpha value is -0.610. The van der Waals surface area contributed by atoms with Gasteiger partial charge in [0.2, 0.25) is 0 Å². The molecule has 1 unspecified atom stereocenters. The molecule has 1 aliphatic heterocycles. The van der Waals surface area contributed by atoms with Gasteiger partial charge in [0.1, 0.15) is 0 Å². The van der Waals surface area contributed by atoms with E-state index < -0.39 is 10.8 Å². The standard InChI is InChI=1S/C17H21Cl2NOS/c1-5-13(22(4)21)6-11(2)15-9-20(3)10-16-14(15)7-12(18)8-17(16)19/h5-8,15H,9-10H2,1-4H3/b11-6+,13-5+/t15-,22?/m0/s1. The number of halogens is 2. The first-order chi connectivity index (χ1) is 10.3. The summed E-state index contributed by atoms with van der Waals surface area (Å²) < 4.78 is 11.8. The fourth-order valence-electron chi connectivity index (χ4n) is 2.89. The van der Waals surface area contributed by atoms with E-state index in [4.69, 9.17) is 23.2 Å². The largest absolute Gasteiger partial charge is 0.301 e. The molecule has 0 fully saturated rings. The third-order valence-corrected chi connectivity index (χ3v) is 5.60. The van der Waals surface area contributed by atoms with E-state index in [9.17, 15) is 4.21 Å². The van der Waals surface area contributed by atoms with E-state index in [1.165, 1.54) is 11.1 Å². The first-order valence-electron chi connectivity index (χ1n) is 7.17. The minimum absolute atomic E-state index is 0.212. The van der Waals surface area contributed by atoms with E-state index in [0.717, 1.165) is 28.6 Å². The van der Waals surface area contributed by atoms with Crippen molar-refractivity contribution in [2.24, 2.45) is 0 Å². The molecule has 0 amide bonds. The average molecular weight is 358 g/mol. The molecular formula is C17H21Cl2NOS. The molecule has 1 aromatic rings. The van der Waals surface area contributed by atoms with Gasteiger partial charge in [-0.25, -0.2) is 0 Å². The summed E-state index contributed by atoms with van der Waals surface area (Å²) >= 11 is 12.6. The number of likely N-dealkylation sites (N-methyl/N-ethyl adjacent to an activating group) is 1. The summed E-state index contributed by atoms with van der Waals surface area (Å²) in [7, 11) is 1.10. The van der Waals surface area contributed by atoms with Crippen LogP contribution in [0.15, 0.2) is 34.8 Å². The maximum Gasteiger partial charge on any atom is 0.0494 e. The second kappa shape index (κ2) is 7.31. The number of nitrogens with zero attached hydrogens (tertiary/aromatic N) is 1. The van der Waals surface area contributed by atoms with Crippen LogP contribution in [0.4, 0.5) is 0 Å². The Balaban J connectivity index is 2.49. The molecule has 0 saturated carbocycles. The van der Waals surface area contributed by atoms with Crippen molar-refractivity contribution in [3.05, 3.63) is 55.9 Å². The lowest BCUT2D eigenvalue weighted by molar-refractivity contribution is 0.293. The van der Waals surface area contributed by atoms with Crippen LogP contribution < -0.4 is 0 Å². The van der Waals surface area contributed by atoms with Crippen LogP contribution in [0.1, 0.15) is 30.9 Å². The molecule has 2 rings (SSSR count). The van der Waals surface area contributed by atoms with Gasteiger partial charge in [-0.1, -0.05) is 34.9 Å². The van der Waals surface area contributed by atoms with Crippen LogP contribution in [0.3, 0.4) is 0 Å². The quantitative estimate of drug-likeness (QED) is 0.727. The van der Waals surface area contributed by atoms with Gasteiger partial charge in [0, 0.05) is 51.0 Å². The summed E-state index contributed by atoms with van der Waals surface area (Å²) in [4.78, 5) is 3.10. The molecule has 2 atom stereocenters. The third-order valence-electron chi connectivity index (χ3n) is 4.03. The average Bonchev–Trinajstić information content (AvgIpc) is 2.44. The van der Waals surface area contributed by atoms with Crippen molar-refractivity contribution in [1.29, 1.82) is 0 Å². The van der Waals surface area contributed by atoms with E-state index in [1.807, 2.05) is 25.1 Å². The van der Waals surface area contributed by atoms with Crippen LogP contribution in [0.25, 0.3) is 0 Å². The minimum Gasteiger partial charge on any atom is -0.301 e. The highest BCUT2D eigenvalue weighted by Crippen LogP contribution is 2.38. The lowest BCUT2D eigenvalue weighted by atomic mass is 9.85. The molecule has 120 valence electrons. The topological polar surface area (TPSA) is 20.3 Å². The number of allylic oxidation sites excluding steroid dienone is 2. The van der Waals surface area contributed by atoms with Crippen LogP contribution in [0.2, 0.25) is 10.0 Å². The van der Waals surface area contributed by atoms with Crippen LogP contribution in [0, 0.1) is 0 Å². The Morgan fingerprint density at radius 2 is 2.09 bits per heavy atom. The van der Waals surface area contributed by atoms with E-state index in [2.05, 4.69) is 18.9 Å². The molecule has 22 heavy (non-hydrogen) atoms. The van der Waals surface area contributed by atoms with Gasteiger partial charge in [-0.05, 0) is 50.2 Å². The lowest BCUT2D eigenvalue weighted by Crippen LogP contribution is -2.31. The predicted molar refractivity (Wildman–Crippen MR) is 97.1 cm³/mol. The second-order valence-corrected chi connectivity index (χ2v) is 7.96. The van der Waals surface area contributed by atoms with Crippen molar-refractivity contribution in [3.63, 3.8) is 0 Å². The monoisotopic (exact) mass is 357 g/mol. The van der Waals surface area contributed by atoms with Crippen molar-refractivity contribution in [2.75, 3.05) is 19.8 Å². The molecule has 5 heteroatoms. The Morgan fingerprint density at radius 3 is 2.68 bits per heavy atom.